The Morgan fingerprint density at radius 2 is 2.29 bits per heavy atom. The number of aromatic nitrogens is 2. The Kier molecular flexibility index (Phi) is 4.65. The van der Waals surface area contributed by atoms with Crippen molar-refractivity contribution in [1.29, 1.82) is 0 Å². The van der Waals surface area contributed by atoms with Crippen molar-refractivity contribution in [2.24, 2.45) is 0 Å². The van der Waals surface area contributed by atoms with E-state index in [1.54, 1.807) is 7.11 Å². The van der Waals surface area contributed by atoms with E-state index in [0.717, 1.165) is 28.8 Å². The first-order valence-electron chi connectivity index (χ1n) is 7.40. The molecular formula is C16H21ClN2OS. The van der Waals surface area contributed by atoms with Gasteiger partial charge in [0, 0.05) is 29.7 Å². The van der Waals surface area contributed by atoms with Crippen LogP contribution < -0.4 is 4.74 Å². The molecule has 2 unspecified atom stereocenters. The fourth-order valence-electron chi connectivity index (χ4n) is 3.29. The van der Waals surface area contributed by atoms with Crippen LogP contribution in [-0.4, -0.2) is 34.0 Å². The summed E-state index contributed by atoms with van der Waals surface area (Å²) in [6.45, 7) is 0. The summed E-state index contributed by atoms with van der Waals surface area (Å²) in [7, 11) is 1.69. The summed E-state index contributed by atoms with van der Waals surface area (Å²) in [5, 5.41) is 0.773. The maximum absolute atomic E-state index is 5.97. The molecule has 5 heteroatoms. The van der Waals surface area contributed by atoms with Gasteiger partial charge in [-0.05, 0) is 37.7 Å². The van der Waals surface area contributed by atoms with Gasteiger partial charge in [-0.25, -0.2) is 4.98 Å². The fourth-order valence-corrected chi connectivity index (χ4v) is 4.25. The number of alkyl halides is 1. The maximum Gasteiger partial charge on any atom is 0.121 e. The Morgan fingerprint density at radius 3 is 2.95 bits per heavy atom. The van der Waals surface area contributed by atoms with E-state index < -0.39 is 0 Å². The minimum Gasteiger partial charge on any atom is -0.497 e. The van der Waals surface area contributed by atoms with E-state index in [1.165, 1.54) is 24.8 Å². The van der Waals surface area contributed by atoms with Gasteiger partial charge in [0.05, 0.1) is 18.1 Å². The summed E-state index contributed by atoms with van der Waals surface area (Å²) in [6.07, 6.45) is 6.79. The lowest BCUT2D eigenvalue weighted by atomic mass is 10.2. The Hall–Kier alpha value is -0.870. The van der Waals surface area contributed by atoms with Crippen LogP contribution in [0.25, 0.3) is 11.0 Å². The number of rotatable bonds is 5. The average molecular weight is 325 g/mol. The summed E-state index contributed by atoms with van der Waals surface area (Å²) in [5.74, 6) is 2.58. The van der Waals surface area contributed by atoms with Gasteiger partial charge in [-0.2, -0.15) is 11.8 Å². The molecule has 1 heterocycles. The molecule has 1 saturated carbocycles. The highest BCUT2D eigenvalue weighted by Crippen LogP contribution is 2.39. The molecule has 114 valence electrons. The fraction of sp³-hybridized carbons (Fsp3) is 0.562. The summed E-state index contributed by atoms with van der Waals surface area (Å²) >= 11 is 7.96. The smallest absolute Gasteiger partial charge is 0.121 e. The topological polar surface area (TPSA) is 27.1 Å². The predicted octanol–water partition coefficient (Wildman–Crippen LogP) is 4.28. The molecule has 0 N–H and O–H groups in total. The molecule has 1 aromatic carbocycles. The van der Waals surface area contributed by atoms with Gasteiger partial charge in [-0.15, -0.1) is 11.6 Å². The summed E-state index contributed by atoms with van der Waals surface area (Å²) in [6, 6.07) is 6.72. The Bertz CT molecular complexity index is 628. The number of halogens is 1. The number of fused-ring (bicyclic) bond motifs is 1. The number of imidazole rings is 1. The molecule has 1 fully saturated rings. The van der Waals surface area contributed by atoms with Crippen molar-refractivity contribution in [3.05, 3.63) is 24.0 Å². The zero-order valence-corrected chi connectivity index (χ0v) is 14.1. The van der Waals surface area contributed by atoms with E-state index in [-0.39, 0.29) is 0 Å². The summed E-state index contributed by atoms with van der Waals surface area (Å²) in [5.41, 5.74) is 2.23. The second-order valence-corrected chi connectivity index (χ2v) is 7.03. The third-order valence-corrected chi connectivity index (χ3v) is 5.63. The van der Waals surface area contributed by atoms with E-state index in [2.05, 4.69) is 16.9 Å². The Balaban J connectivity index is 2.04. The lowest BCUT2D eigenvalue weighted by Gasteiger charge is -2.17. The number of ether oxygens (including phenoxy) is 1. The second kappa shape index (κ2) is 6.49. The Labute approximate surface area is 135 Å². The molecule has 0 aliphatic heterocycles. The zero-order valence-electron chi connectivity index (χ0n) is 12.5. The summed E-state index contributed by atoms with van der Waals surface area (Å²) < 4.78 is 7.74. The highest BCUT2D eigenvalue weighted by molar-refractivity contribution is 7.99. The van der Waals surface area contributed by atoms with Gasteiger partial charge in [-0.3, -0.25) is 0 Å². The minimum atomic E-state index is 0.555. The molecule has 0 spiro atoms. The molecule has 3 rings (SSSR count). The number of benzene rings is 1. The molecule has 1 aromatic heterocycles. The molecule has 2 aromatic rings. The van der Waals surface area contributed by atoms with Crippen LogP contribution in [0.4, 0.5) is 0 Å². The van der Waals surface area contributed by atoms with Crippen LogP contribution in [0.5, 0.6) is 5.75 Å². The van der Waals surface area contributed by atoms with Crippen LogP contribution >= 0.6 is 23.4 Å². The second-order valence-electron chi connectivity index (χ2n) is 5.52. The molecule has 1 aliphatic carbocycles. The van der Waals surface area contributed by atoms with Crippen molar-refractivity contribution in [3.63, 3.8) is 0 Å². The van der Waals surface area contributed by atoms with Crippen molar-refractivity contribution in [3.8, 4) is 5.75 Å². The van der Waals surface area contributed by atoms with Crippen molar-refractivity contribution < 1.29 is 4.74 Å². The third-order valence-electron chi connectivity index (χ3n) is 4.34. The first-order valence-corrected chi connectivity index (χ1v) is 9.22. The van der Waals surface area contributed by atoms with Gasteiger partial charge in [0.1, 0.15) is 11.6 Å². The van der Waals surface area contributed by atoms with Gasteiger partial charge in [0.15, 0.2) is 0 Å². The van der Waals surface area contributed by atoms with Gasteiger partial charge in [0.2, 0.25) is 0 Å². The monoisotopic (exact) mass is 324 g/mol. The highest BCUT2D eigenvalue weighted by Gasteiger charge is 2.28. The molecule has 0 radical (unpaired) electrons. The van der Waals surface area contributed by atoms with Gasteiger partial charge in [-0.1, -0.05) is 0 Å². The van der Waals surface area contributed by atoms with Gasteiger partial charge in [0.25, 0.3) is 0 Å². The Morgan fingerprint density at radius 1 is 1.43 bits per heavy atom. The zero-order chi connectivity index (χ0) is 14.8. The highest BCUT2D eigenvalue weighted by atomic mass is 35.5. The molecule has 2 atom stereocenters. The molecule has 0 bridgehead atoms. The average Bonchev–Trinajstić information content (AvgIpc) is 3.10. The first kappa shape index (κ1) is 15.0. The molecular weight excluding hydrogens is 304 g/mol. The van der Waals surface area contributed by atoms with Crippen LogP contribution in [0.15, 0.2) is 18.2 Å². The first-order chi connectivity index (χ1) is 10.3. The van der Waals surface area contributed by atoms with Gasteiger partial charge >= 0.3 is 0 Å². The van der Waals surface area contributed by atoms with E-state index in [1.807, 2.05) is 23.9 Å². The van der Waals surface area contributed by atoms with E-state index in [9.17, 15) is 0 Å². The van der Waals surface area contributed by atoms with E-state index in [0.29, 0.717) is 11.9 Å². The largest absolute Gasteiger partial charge is 0.497 e. The van der Waals surface area contributed by atoms with Crippen molar-refractivity contribution in [2.75, 3.05) is 19.2 Å². The van der Waals surface area contributed by atoms with E-state index in [4.69, 9.17) is 21.3 Å². The lowest BCUT2D eigenvalue weighted by Crippen LogP contribution is -2.10. The number of thioether (sulfide) groups is 1. The van der Waals surface area contributed by atoms with E-state index >= 15 is 0 Å². The molecule has 1 aliphatic rings. The molecule has 3 nitrogen and oxygen atoms in total. The van der Waals surface area contributed by atoms with Crippen LogP contribution in [0.1, 0.15) is 31.1 Å². The number of hydrogen-bond donors (Lipinski definition) is 0. The predicted molar refractivity (Wildman–Crippen MR) is 90.9 cm³/mol. The standard InChI is InChI=1S/C16H21ClN2OS/c1-20-12-4-6-15-14(10-12)18-16(7-8-17)19(15)11-3-5-13(9-11)21-2/h4,6,10-11,13H,3,5,7-9H2,1-2H3. The van der Waals surface area contributed by atoms with Gasteiger partial charge < -0.3 is 9.30 Å². The molecule has 0 saturated heterocycles. The van der Waals surface area contributed by atoms with Crippen LogP contribution in [0.3, 0.4) is 0 Å². The maximum atomic E-state index is 5.97. The molecule has 0 amide bonds. The number of nitrogens with zero attached hydrogens (tertiary/aromatic N) is 2. The number of hydrogen-bond acceptors (Lipinski definition) is 3. The third kappa shape index (κ3) is 2.88. The quantitative estimate of drug-likeness (QED) is 0.768. The minimum absolute atomic E-state index is 0.555. The van der Waals surface area contributed by atoms with Crippen LogP contribution in [0, 0.1) is 0 Å². The number of aryl methyl sites for hydroxylation is 1. The number of methoxy groups -OCH3 is 1. The van der Waals surface area contributed by atoms with Crippen molar-refractivity contribution >= 4 is 34.4 Å². The van der Waals surface area contributed by atoms with Crippen molar-refractivity contribution in [1.82, 2.24) is 9.55 Å². The van der Waals surface area contributed by atoms with Crippen LogP contribution in [-0.2, 0) is 6.42 Å². The normalized spacial score (nSPS) is 22.0. The SMILES string of the molecule is COc1ccc2c(c1)nc(CCCl)n2C1CCC(SC)C1. The molecule has 21 heavy (non-hydrogen) atoms. The van der Waals surface area contributed by atoms with Crippen molar-refractivity contribution in [2.45, 2.75) is 37.0 Å². The van der Waals surface area contributed by atoms with Crippen LogP contribution in [0.2, 0.25) is 0 Å². The summed E-state index contributed by atoms with van der Waals surface area (Å²) in [4.78, 5) is 4.80. The lowest BCUT2D eigenvalue weighted by molar-refractivity contribution is 0.415.